The third-order valence-electron chi connectivity index (χ3n) is 1.57. The molecule has 0 spiro atoms. The molecule has 1 rings (SSSR count). The van der Waals surface area contributed by atoms with Gasteiger partial charge in [-0.1, -0.05) is 6.92 Å². The molecule has 0 aliphatic heterocycles. The third kappa shape index (κ3) is 2.56. The Balaban J connectivity index is 0.000001000. The minimum absolute atomic E-state index is 0. The molecule has 3 heteroatoms. The van der Waals surface area contributed by atoms with Gasteiger partial charge in [-0.25, -0.2) is 0 Å². The van der Waals surface area contributed by atoms with Crippen LogP contribution in [0.25, 0.3) is 0 Å². The zero-order valence-electron chi connectivity index (χ0n) is 6.83. The summed E-state index contributed by atoms with van der Waals surface area (Å²) in [4.78, 5) is 0. The lowest BCUT2D eigenvalue weighted by Gasteiger charge is -2.02. The second-order valence-corrected chi connectivity index (χ2v) is 2.46. The smallest absolute Gasteiger partial charge is 0.120 e. The maximum absolute atomic E-state index is 5.71. The maximum Gasteiger partial charge on any atom is 0.120 e. The molecule has 1 heterocycles. The number of rotatable bonds is 2. The van der Waals surface area contributed by atoms with E-state index in [4.69, 9.17) is 10.2 Å². The molecule has 0 amide bonds. The predicted molar refractivity (Wildman–Crippen MR) is 47.9 cm³/mol. The van der Waals surface area contributed by atoms with Gasteiger partial charge in [0.05, 0.1) is 6.04 Å². The molecule has 0 unspecified atom stereocenters. The molecule has 0 saturated heterocycles. The van der Waals surface area contributed by atoms with Gasteiger partial charge in [0.2, 0.25) is 0 Å². The molecule has 2 nitrogen and oxygen atoms in total. The molecular formula is C8H14ClNO. The number of hydrogen-bond acceptors (Lipinski definition) is 2. The minimum Gasteiger partial charge on any atom is -0.465 e. The Labute approximate surface area is 73.2 Å². The van der Waals surface area contributed by atoms with Crippen LogP contribution in [0.1, 0.15) is 30.9 Å². The van der Waals surface area contributed by atoms with Gasteiger partial charge in [-0.05, 0) is 25.5 Å². The number of aryl methyl sites for hydroxylation is 1. The highest BCUT2D eigenvalue weighted by molar-refractivity contribution is 5.85. The van der Waals surface area contributed by atoms with Crippen molar-refractivity contribution < 1.29 is 4.42 Å². The summed E-state index contributed by atoms with van der Waals surface area (Å²) in [7, 11) is 0. The molecule has 64 valence electrons. The van der Waals surface area contributed by atoms with Crippen LogP contribution in [0, 0.1) is 6.92 Å². The van der Waals surface area contributed by atoms with Crippen molar-refractivity contribution >= 4 is 12.4 Å². The van der Waals surface area contributed by atoms with E-state index < -0.39 is 0 Å². The summed E-state index contributed by atoms with van der Waals surface area (Å²) < 4.78 is 5.31. The van der Waals surface area contributed by atoms with Crippen LogP contribution in [0.2, 0.25) is 0 Å². The standard InChI is InChI=1S/C8H13NO.ClH/c1-3-7(9)8-5-4-6(2)10-8;/h4-5,7H,3,9H2,1-2H3;1H/t7-;/m0./s1. The summed E-state index contributed by atoms with van der Waals surface area (Å²) in [5.41, 5.74) is 5.71. The van der Waals surface area contributed by atoms with Crippen LogP contribution in [0.5, 0.6) is 0 Å². The first-order valence-corrected chi connectivity index (χ1v) is 3.56. The topological polar surface area (TPSA) is 39.2 Å². The van der Waals surface area contributed by atoms with E-state index in [1.165, 1.54) is 0 Å². The van der Waals surface area contributed by atoms with E-state index in [0.29, 0.717) is 0 Å². The largest absolute Gasteiger partial charge is 0.465 e. The first-order valence-electron chi connectivity index (χ1n) is 3.56. The number of hydrogen-bond donors (Lipinski definition) is 1. The normalized spacial score (nSPS) is 12.3. The van der Waals surface area contributed by atoms with Gasteiger partial charge in [0.1, 0.15) is 11.5 Å². The zero-order chi connectivity index (χ0) is 7.56. The van der Waals surface area contributed by atoms with E-state index in [-0.39, 0.29) is 18.4 Å². The highest BCUT2D eigenvalue weighted by Gasteiger charge is 2.05. The second kappa shape index (κ2) is 4.42. The Morgan fingerprint density at radius 3 is 2.55 bits per heavy atom. The van der Waals surface area contributed by atoms with E-state index in [2.05, 4.69) is 0 Å². The van der Waals surface area contributed by atoms with Crippen LogP contribution in [-0.2, 0) is 0 Å². The van der Waals surface area contributed by atoms with Gasteiger partial charge in [0, 0.05) is 0 Å². The molecular weight excluding hydrogens is 162 g/mol. The molecule has 2 N–H and O–H groups in total. The van der Waals surface area contributed by atoms with Crippen molar-refractivity contribution in [1.82, 2.24) is 0 Å². The molecule has 0 aliphatic rings. The number of nitrogens with two attached hydrogens (primary N) is 1. The summed E-state index contributed by atoms with van der Waals surface area (Å²) in [6.45, 7) is 3.97. The van der Waals surface area contributed by atoms with Crippen LogP contribution in [0.4, 0.5) is 0 Å². The van der Waals surface area contributed by atoms with Gasteiger partial charge in [-0.15, -0.1) is 12.4 Å². The third-order valence-corrected chi connectivity index (χ3v) is 1.57. The van der Waals surface area contributed by atoms with Gasteiger partial charge >= 0.3 is 0 Å². The van der Waals surface area contributed by atoms with Crippen LogP contribution < -0.4 is 5.73 Å². The van der Waals surface area contributed by atoms with Crippen LogP contribution in [0.15, 0.2) is 16.5 Å². The van der Waals surface area contributed by atoms with Gasteiger partial charge in [0.15, 0.2) is 0 Å². The second-order valence-electron chi connectivity index (χ2n) is 2.46. The number of halogens is 1. The molecule has 0 aliphatic carbocycles. The van der Waals surface area contributed by atoms with Crippen molar-refractivity contribution in [3.05, 3.63) is 23.7 Å². The Kier molecular flexibility index (Phi) is 4.23. The van der Waals surface area contributed by atoms with Crippen molar-refractivity contribution in [3.63, 3.8) is 0 Å². The van der Waals surface area contributed by atoms with Gasteiger partial charge in [-0.2, -0.15) is 0 Å². The fraction of sp³-hybridized carbons (Fsp3) is 0.500. The SMILES string of the molecule is CC[C@H](N)c1ccc(C)o1.Cl. The molecule has 0 radical (unpaired) electrons. The summed E-state index contributed by atoms with van der Waals surface area (Å²) >= 11 is 0. The fourth-order valence-electron chi connectivity index (χ4n) is 0.854. The summed E-state index contributed by atoms with van der Waals surface area (Å²) in [6.07, 6.45) is 0.924. The van der Waals surface area contributed by atoms with Crippen molar-refractivity contribution in [2.24, 2.45) is 5.73 Å². The van der Waals surface area contributed by atoms with Gasteiger partial charge < -0.3 is 10.2 Å². The molecule has 1 atom stereocenters. The Morgan fingerprint density at radius 2 is 2.18 bits per heavy atom. The van der Waals surface area contributed by atoms with Gasteiger partial charge in [-0.3, -0.25) is 0 Å². The molecule has 0 bridgehead atoms. The van der Waals surface area contributed by atoms with E-state index in [1.807, 2.05) is 26.0 Å². The van der Waals surface area contributed by atoms with Crippen molar-refractivity contribution in [2.45, 2.75) is 26.3 Å². The first kappa shape index (κ1) is 10.5. The monoisotopic (exact) mass is 175 g/mol. The van der Waals surface area contributed by atoms with E-state index >= 15 is 0 Å². The molecule has 1 aromatic rings. The summed E-state index contributed by atoms with van der Waals surface area (Å²) in [5, 5.41) is 0. The number of furan rings is 1. The lowest BCUT2D eigenvalue weighted by atomic mass is 10.2. The molecule has 1 aromatic heterocycles. The van der Waals surface area contributed by atoms with E-state index in [0.717, 1.165) is 17.9 Å². The van der Waals surface area contributed by atoms with Crippen molar-refractivity contribution in [3.8, 4) is 0 Å². The molecule has 0 aromatic carbocycles. The zero-order valence-corrected chi connectivity index (χ0v) is 7.65. The van der Waals surface area contributed by atoms with Crippen molar-refractivity contribution in [2.75, 3.05) is 0 Å². The first-order chi connectivity index (χ1) is 4.74. The highest BCUT2D eigenvalue weighted by Crippen LogP contribution is 2.15. The minimum atomic E-state index is 0. The average Bonchev–Trinajstić information content (AvgIpc) is 2.34. The summed E-state index contributed by atoms with van der Waals surface area (Å²) in [5.74, 6) is 1.82. The van der Waals surface area contributed by atoms with Gasteiger partial charge in [0.25, 0.3) is 0 Å². The molecule has 11 heavy (non-hydrogen) atoms. The molecule has 0 fully saturated rings. The molecule has 0 saturated carbocycles. The lowest BCUT2D eigenvalue weighted by molar-refractivity contribution is 0.441. The maximum atomic E-state index is 5.71. The Morgan fingerprint density at radius 1 is 1.55 bits per heavy atom. The van der Waals surface area contributed by atoms with Crippen LogP contribution in [-0.4, -0.2) is 0 Å². The predicted octanol–water partition coefficient (Wildman–Crippen LogP) is 2.42. The summed E-state index contributed by atoms with van der Waals surface area (Å²) in [6, 6.07) is 3.93. The lowest BCUT2D eigenvalue weighted by Crippen LogP contribution is -2.06. The Bertz CT molecular complexity index is 210. The Hall–Kier alpha value is -0.470. The van der Waals surface area contributed by atoms with E-state index in [1.54, 1.807) is 0 Å². The van der Waals surface area contributed by atoms with Crippen LogP contribution >= 0.6 is 12.4 Å². The fourth-order valence-corrected chi connectivity index (χ4v) is 0.854. The quantitative estimate of drug-likeness (QED) is 0.750. The van der Waals surface area contributed by atoms with Crippen LogP contribution in [0.3, 0.4) is 0 Å². The van der Waals surface area contributed by atoms with E-state index in [9.17, 15) is 0 Å². The highest BCUT2D eigenvalue weighted by atomic mass is 35.5. The average molecular weight is 176 g/mol. The van der Waals surface area contributed by atoms with Crippen molar-refractivity contribution in [1.29, 1.82) is 0 Å².